The molecule has 0 spiro atoms. The zero-order valence-corrected chi connectivity index (χ0v) is 19.8. The zero-order chi connectivity index (χ0) is 23.9. The molecule has 180 valence electrons. The van der Waals surface area contributed by atoms with Crippen LogP contribution in [0.3, 0.4) is 0 Å². The Morgan fingerprint density at radius 2 is 1.23 bits per heavy atom. The number of hydrogen-bond donors (Lipinski definition) is 2. The quantitative estimate of drug-likeness (QED) is 0.180. The molecule has 0 heterocycles. The number of quaternary nitrogens is 1. The number of allylic oxidation sites excluding steroid dienone is 2. The summed E-state index contributed by atoms with van der Waals surface area (Å²) in [5.41, 5.74) is 0. The van der Waals surface area contributed by atoms with E-state index in [1.54, 1.807) is 20.8 Å². The van der Waals surface area contributed by atoms with E-state index in [9.17, 15) is 29.7 Å². The van der Waals surface area contributed by atoms with Crippen LogP contribution in [0.1, 0.15) is 79.1 Å². The van der Waals surface area contributed by atoms with E-state index >= 15 is 0 Å². The minimum atomic E-state index is -1.19. The summed E-state index contributed by atoms with van der Waals surface area (Å²) in [5.74, 6) is -5.26. The van der Waals surface area contributed by atoms with Crippen molar-refractivity contribution in [2.45, 2.75) is 79.1 Å². The van der Waals surface area contributed by atoms with Gasteiger partial charge >= 0.3 is 11.9 Å². The molecule has 0 aliphatic heterocycles. The van der Waals surface area contributed by atoms with Crippen LogP contribution < -0.4 is 5.11 Å². The lowest BCUT2D eigenvalue weighted by Gasteiger charge is -2.43. The molecule has 31 heavy (non-hydrogen) atoms. The highest BCUT2D eigenvalue weighted by molar-refractivity contribution is 5.70. The predicted octanol–water partition coefficient (Wildman–Crippen LogP) is 3.33. The Bertz CT molecular complexity index is 519. The maximum absolute atomic E-state index is 11.5. The summed E-state index contributed by atoms with van der Waals surface area (Å²) in [5, 5.41) is 30.2. The van der Waals surface area contributed by atoms with Gasteiger partial charge in [-0.15, -0.1) is 0 Å². The van der Waals surface area contributed by atoms with E-state index in [4.69, 9.17) is 0 Å². The summed E-state index contributed by atoms with van der Waals surface area (Å²) < 4.78 is 0.178. The van der Waals surface area contributed by atoms with Crippen LogP contribution in [0, 0.1) is 17.8 Å². The van der Waals surface area contributed by atoms with Gasteiger partial charge in [0.15, 0.2) is 0 Å². The number of aliphatic carboxylic acids is 3. The summed E-state index contributed by atoms with van der Waals surface area (Å²) >= 11 is 0. The normalized spacial score (nSPS) is 16.5. The van der Waals surface area contributed by atoms with Crippen molar-refractivity contribution in [2.75, 3.05) is 26.2 Å². The number of carboxylic acids is 3. The van der Waals surface area contributed by atoms with E-state index in [1.165, 1.54) is 12.8 Å². The standard InChI is InChI=1S/C24H43NO6/c1-5-6-7-8-9-10-11-12-13-14-15-25(16-19(2)22(26)27,17-20(3)23(28)29)18-21(4)24(30)31/h6-7,19-21H,5,8-18H2,1-4H3,(H2-,26,27,28,29,30,31)/b7-6+. The second-order valence-corrected chi connectivity index (χ2v) is 9.10. The minimum Gasteiger partial charge on any atom is -0.550 e. The number of rotatable bonds is 19. The van der Waals surface area contributed by atoms with Crippen LogP contribution in [-0.2, 0) is 14.4 Å². The lowest BCUT2D eigenvalue weighted by Crippen LogP contribution is -2.58. The first-order valence-electron chi connectivity index (χ1n) is 11.7. The van der Waals surface area contributed by atoms with Gasteiger partial charge in [0.25, 0.3) is 0 Å². The molecule has 0 amide bonds. The Morgan fingerprint density at radius 1 is 0.774 bits per heavy atom. The third kappa shape index (κ3) is 13.2. The van der Waals surface area contributed by atoms with Gasteiger partial charge in [0.05, 0.1) is 26.2 Å². The molecule has 0 saturated heterocycles. The first kappa shape index (κ1) is 29.1. The molecule has 0 aliphatic rings. The fourth-order valence-corrected chi connectivity index (χ4v) is 4.17. The van der Waals surface area contributed by atoms with Crippen molar-refractivity contribution in [1.82, 2.24) is 0 Å². The van der Waals surface area contributed by atoms with E-state index < -0.39 is 35.7 Å². The lowest BCUT2D eigenvalue weighted by atomic mass is 10.0. The molecule has 0 rings (SSSR count). The zero-order valence-electron chi connectivity index (χ0n) is 19.8. The first-order valence-corrected chi connectivity index (χ1v) is 11.7. The van der Waals surface area contributed by atoms with Crippen molar-refractivity contribution in [3.63, 3.8) is 0 Å². The van der Waals surface area contributed by atoms with Crippen LogP contribution in [0.2, 0.25) is 0 Å². The molecule has 3 atom stereocenters. The summed E-state index contributed by atoms with van der Waals surface area (Å²) in [6.07, 6.45) is 12.9. The maximum Gasteiger partial charge on any atom is 0.311 e. The topological polar surface area (TPSA) is 115 Å². The van der Waals surface area contributed by atoms with Crippen molar-refractivity contribution in [3.05, 3.63) is 12.2 Å². The molecule has 7 heteroatoms. The Balaban J connectivity index is 5.03. The monoisotopic (exact) mass is 441 g/mol. The van der Waals surface area contributed by atoms with Crippen molar-refractivity contribution in [3.8, 4) is 0 Å². The number of unbranched alkanes of at least 4 members (excludes halogenated alkanes) is 6. The van der Waals surface area contributed by atoms with Crippen molar-refractivity contribution >= 4 is 17.9 Å². The van der Waals surface area contributed by atoms with Crippen molar-refractivity contribution in [2.24, 2.45) is 17.8 Å². The first-order chi connectivity index (χ1) is 14.5. The minimum absolute atomic E-state index is 0.178. The van der Waals surface area contributed by atoms with Crippen LogP contribution >= 0.6 is 0 Å². The number of carbonyl (C=O) groups excluding carboxylic acids is 1. The molecular weight excluding hydrogens is 398 g/mol. The lowest BCUT2D eigenvalue weighted by molar-refractivity contribution is -0.934. The molecule has 0 saturated carbocycles. The van der Waals surface area contributed by atoms with Crippen LogP contribution in [0.25, 0.3) is 0 Å². The number of hydrogen-bond acceptors (Lipinski definition) is 4. The third-order valence-electron chi connectivity index (χ3n) is 5.88. The highest BCUT2D eigenvalue weighted by Gasteiger charge is 2.36. The Labute approximate surface area is 187 Å². The highest BCUT2D eigenvalue weighted by Crippen LogP contribution is 2.22. The molecule has 0 aromatic rings. The molecule has 0 radical (unpaired) electrons. The molecule has 0 bridgehead atoms. The van der Waals surface area contributed by atoms with Gasteiger partial charge in [-0.1, -0.05) is 45.3 Å². The summed E-state index contributed by atoms with van der Waals surface area (Å²) in [7, 11) is 0. The molecular formula is C24H43NO6. The van der Waals surface area contributed by atoms with Gasteiger partial charge in [-0.05, 0) is 46.0 Å². The van der Waals surface area contributed by atoms with Crippen LogP contribution in [-0.4, -0.2) is 58.8 Å². The van der Waals surface area contributed by atoms with E-state index in [0.717, 1.165) is 38.5 Å². The molecule has 0 fully saturated rings. The predicted molar refractivity (Wildman–Crippen MR) is 119 cm³/mol. The molecule has 0 aromatic heterocycles. The van der Waals surface area contributed by atoms with Crippen molar-refractivity contribution in [1.29, 1.82) is 0 Å². The molecule has 7 nitrogen and oxygen atoms in total. The van der Waals surface area contributed by atoms with Gasteiger partial charge in [0.2, 0.25) is 0 Å². The Morgan fingerprint density at radius 3 is 1.68 bits per heavy atom. The van der Waals surface area contributed by atoms with Gasteiger partial charge in [0, 0.05) is 11.9 Å². The number of carboxylic acid groups (broad SMARTS) is 3. The van der Waals surface area contributed by atoms with Gasteiger partial charge < -0.3 is 24.6 Å². The van der Waals surface area contributed by atoms with Crippen LogP contribution in [0.5, 0.6) is 0 Å². The molecule has 2 N–H and O–H groups in total. The Kier molecular flexibility index (Phi) is 14.9. The van der Waals surface area contributed by atoms with Gasteiger partial charge in [-0.25, -0.2) is 0 Å². The highest BCUT2D eigenvalue weighted by atomic mass is 16.4. The molecule has 0 aromatic carbocycles. The third-order valence-corrected chi connectivity index (χ3v) is 5.88. The molecule has 0 aliphatic carbocycles. The van der Waals surface area contributed by atoms with Gasteiger partial charge in [0.1, 0.15) is 11.8 Å². The van der Waals surface area contributed by atoms with Gasteiger partial charge in [-0.3, -0.25) is 9.59 Å². The summed E-state index contributed by atoms with van der Waals surface area (Å²) in [6.45, 7) is 8.05. The van der Waals surface area contributed by atoms with Gasteiger partial charge in [-0.2, -0.15) is 0 Å². The SMILES string of the molecule is CC/C=C/CCCCCCCC[N+](CC(C)C(=O)[O-])(CC(C)C(=O)O)CC(C)C(=O)O. The largest absolute Gasteiger partial charge is 0.550 e. The van der Waals surface area contributed by atoms with E-state index in [0.29, 0.717) is 6.54 Å². The second-order valence-electron chi connectivity index (χ2n) is 9.10. The maximum atomic E-state index is 11.5. The second kappa shape index (κ2) is 15.8. The molecule has 3 unspecified atom stereocenters. The average Bonchev–Trinajstić information content (AvgIpc) is 2.68. The van der Waals surface area contributed by atoms with Crippen LogP contribution in [0.15, 0.2) is 12.2 Å². The fourth-order valence-electron chi connectivity index (χ4n) is 4.17. The van der Waals surface area contributed by atoms with Crippen molar-refractivity contribution < 1.29 is 34.2 Å². The van der Waals surface area contributed by atoms with E-state index in [-0.39, 0.29) is 24.1 Å². The van der Waals surface area contributed by atoms with E-state index in [1.807, 2.05) is 0 Å². The smallest absolute Gasteiger partial charge is 0.311 e. The summed E-state index contributed by atoms with van der Waals surface area (Å²) in [6, 6.07) is 0. The Hall–Kier alpha value is -1.89. The number of nitrogens with zero attached hydrogens (tertiary/aromatic N) is 1. The van der Waals surface area contributed by atoms with E-state index in [2.05, 4.69) is 19.1 Å². The summed E-state index contributed by atoms with van der Waals surface area (Å²) in [4.78, 5) is 34.4. The fraction of sp³-hybridized carbons (Fsp3) is 0.792. The average molecular weight is 442 g/mol. The van der Waals surface area contributed by atoms with Crippen LogP contribution in [0.4, 0.5) is 0 Å². The number of carbonyl (C=O) groups is 3.